The number of carbonyl (C=O) groups excluding carboxylic acids is 1. The summed E-state index contributed by atoms with van der Waals surface area (Å²) in [5.74, 6) is 0.0220. The highest BCUT2D eigenvalue weighted by Crippen LogP contribution is 2.41. The van der Waals surface area contributed by atoms with Gasteiger partial charge in [0.2, 0.25) is 0 Å². The van der Waals surface area contributed by atoms with Crippen molar-refractivity contribution < 1.29 is 9.53 Å². The van der Waals surface area contributed by atoms with Gasteiger partial charge in [0, 0.05) is 11.5 Å². The molecular weight excluding hydrogens is 262 g/mol. The van der Waals surface area contributed by atoms with Gasteiger partial charge >= 0.3 is 0 Å². The Bertz CT molecular complexity index is 515. The average Bonchev–Trinajstić information content (AvgIpc) is 2.74. The molecule has 1 aromatic rings. The third-order valence-electron chi connectivity index (χ3n) is 4.17. The normalized spacial score (nSPS) is 23.2. The number of hydrogen-bond acceptors (Lipinski definition) is 3. The van der Waals surface area contributed by atoms with Crippen LogP contribution in [-0.4, -0.2) is 10.8 Å². The predicted molar refractivity (Wildman–Crippen MR) is 75.5 cm³/mol. The van der Waals surface area contributed by atoms with Crippen molar-refractivity contribution in [3.8, 4) is 0 Å². The molecule has 0 fully saturated rings. The molecule has 0 saturated carbocycles. The Balaban J connectivity index is 2.54. The fourth-order valence-corrected chi connectivity index (χ4v) is 2.58. The molecule has 4 heteroatoms. The van der Waals surface area contributed by atoms with E-state index in [-0.39, 0.29) is 17.3 Å². The first-order valence-electron chi connectivity index (χ1n) is 6.81. The third-order valence-corrected chi connectivity index (χ3v) is 4.36. The summed E-state index contributed by atoms with van der Waals surface area (Å²) in [4.78, 5) is 16.7. The molecular formula is C15H20ClNO2. The van der Waals surface area contributed by atoms with Gasteiger partial charge in [-0.15, -0.1) is 0 Å². The molecule has 19 heavy (non-hydrogen) atoms. The summed E-state index contributed by atoms with van der Waals surface area (Å²) in [6, 6.07) is 1.83. The number of pyridine rings is 1. The Morgan fingerprint density at radius 1 is 1.58 bits per heavy atom. The lowest BCUT2D eigenvalue weighted by atomic mass is 9.89. The number of carbonyl (C=O) groups is 1. The second-order valence-electron chi connectivity index (χ2n) is 5.37. The predicted octanol–water partition coefficient (Wildman–Crippen LogP) is 4.12. The molecule has 0 N–H and O–H groups in total. The van der Waals surface area contributed by atoms with Crippen LogP contribution in [0, 0.1) is 5.92 Å². The van der Waals surface area contributed by atoms with Crippen LogP contribution in [0.4, 0.5) is 0 Å². The fraction of sp³-hybridized carbons (Fsp3) is 0.600. The van der Waals surface area contributed by atoms with Crippen LogP contribution < -0.4 is 0 Å². The van der Waals surface area contributed by atoms with E-state index in [0.717, 1.165) is 24.0 Å². The van der Waals surface area contributed by atoms with Crippen LogP contribution in [0.2, 0.25) is 5.15 Å². The van der Waals surface area contributed by atoms with Crippen LogP contribution in [0.1, 0.15) is 62.2 Å². The molecule has 0 aliphatic carbocycles. The number of hydrogen-bond donors (Lipinski definition) is 0. The number of ketones is 1. The second-order valence-corrected chi connectivity index (χ2v) is 5.75. The molecule has 1 aromatic heterocycles. The van der Waals surface area contributed by atoms with Gasteiger partial charge in [-0.1, -0.05) is 32.4 Å². The molecule has 0 saturated heterocycles. The number of fused-ring (bicyclic) bond motifs is 1. The van der Waals surface area contributed by atoms with Crippen LogP contribution in [0.3, 0.4) is 0 Å². The van der Waals surface area contributed by atoms with Gasteiger partial charge in [-0.2, -0.15) is 0 Å². The van der Waals surface area contributed by atoms with Crippen molar-refractivity contribution in [3.63, 3.8) is 0 Å². The lowest BCUT2D eigenvalue weighted by Crippen LogP contribution is -2.20. The Morgan fingerprint density at radius 2 is 2.26 bits per heavy atom. The van der Waals surface area contributed by atoms with Crippen molar-refractivity contribution in [2.75, 3.05) is 0 Å². The molecule has 1 aliphatic rings. The smallest absolute Gasteiger partial charge is 0.184 e. The highest BCUT2D eigenvalue weighted by molar-refractivity contribution is 6.29. The number of aromatic nitrogens is 1. The van der Waals surface area contributed by atoms with Crippen LogP contribution in [0.15, 0.2) is 6.07 Å². The van der Waals surface area contributed by atoms with Crippen molar-refractivity contribution in [3.05, 3.63) is 28.0 Å². The molecule has 0 amide bonds. The number of halogens is 1. The summed E-state index contributed by atoms with van der Waals surface area (Å²) < 4.78 is 5.87. The highest BCUT2D eigenvalue weighted by atomic mass is 35.5. The van der Waals surface area contributed by atoms with Crippen molar-refractivity contribution in [2.24, 2.45) is 5.92 Å². The topological polar surface area (TPSA) is 39.2 Å². The summed E-state index contributed by atoms with van der Waals surface area (Å²) in [5.41, 5.74) is 2.07. The largest absolute Gasteiger partial charge is 0.366 e. The van der Waals surface area contributed by atoms with Gasteiger partial charge in [0.25, 0.3) is 0 Å². The van der Waals surface area contributed by atoms with E-state index in [0.29, 0.717) is 17.5 Å². The Morgan fingerprint density at radius 3 is 2.84 bits per heavy atom. The third kappa shape index (κ3) is 2.41. The van der Waals surface area contributed by atoms with E-state index < -0.39 is 0 Å². The number of rotatable bonds is 4. The first-order chi connectivity index (χ1) is 8.92. The molecule has 0 aromatic carbocycles. The standard InChI is InChI=1S/C15H20ClNO2/c1-5-9(3)14(18)13-10-8-19-15(4,6-2)11(10)7-12(16)17-13/h7,9H,5-6,8H2,1-4H3. The first kappa shape index (κ1) is 14.5. The molecule has 2 heterocycles. The van der Waals surface area contributed by atoms with Crippen LogP contribution in [0.25, 0.3) is 0 Å². The van der Waals surface area contributed by atoms with E-state index in [2.05, 4.69) is 11.9 Å². The van der Waals surface area contributed by atoms with Gasteiger partial charge in [0.05, 0.1) is 12.2 Å². The van der Waals surface area contributed by atoms with Gasteiger partial charge in [0.1, 0.15) is 10.8 Å². The van der Waals surface area contributed by atoms with Gasteiger partial charge in [-0.3, -0.25) is 4.79 Å². The van der Waals surface area contributed by atoms with E-state index in [1.807, 2.05) is 26.8 Å². The summed E-state index contributed by atoms with van der Waals surface area (Å²) in [6.07, 6.45) is 1.64. The molecule has 1 aliphatic heterocycles. The highest BCUT2D eigenvalue weighted by Gasteiger charge is 2.37. The Hall–Kier alpha value is -0.930. The maximum absolute atomic E-state index is 12.4. The fourth-order valence-electron chi connectivity index (χ4n) is 2.38. The zero-order valence-electron chi connectivity index (χ0n) is 11.9. The lowest BCUT2D eigenvalue weighted by molar-refractivity contribution is -0.0260. The summed E-state index contributed by atoms with van der Waals surface area (Å²) in [7, 11) is 0. The number of nitrogens with zero attached hydrogens (tertiary/aromatic N) is 1. The number of ether oxygens (including phenoxy) is 1. The molecule has 0 radical (unpaired) electrons. The van der Waals surface area contributed by atoms with E-state index in [9.17, 15) is 4.79 Å². The van der Waals surface area contributed by atoms with Crippen LogP contribution in [-0.2, 0) is 16.9 Å². The lowest BCUT2D eigenvalue weighted by Gasteiger charge is -2.22. The maximum Gasteiger partial charge on any atom is 0.184 e. The molecule has 2 atom stereocenters. The quantitative estimate of drug-likeness (QED) is 0.615. The van der Waals surface area contributed by atoms with E-state index >= 15 is 0 Å². The van der Waals surface area contributed by atoms with Crippen LogP contribution >= 0.6 is 11.6 Å². The zero-order chi connectivity index (χ0) is 14.2. The SMILES string of the molecule is CCC(C)C(=O)c1nc(Cl)cc2c1COC2(C)CC. The maximum atomic E-state index is 12.4. The van der Waals surface area contributed by atoms with Crippen molar-refractivity contribution >= 4 is 17.4 Å². The average molecular weight is 282 g/mol. The zero-order valence-corrected chi connectivity index (χ0v) is 12.7. The molecule has 0 bridgehead atoms. The van der Waals surface area contributed by atoms with Crippen LogP contribution in [0.5, 0.6) is 0 Å². The van der Waals surface area contributed by atoms with Gasteiger partial charge < -0.3 is 4.74 Å². The Labute approximate surface area is 119 Å². The van der Waals surface area contributed by atoms with Crippen molar-refractivity contribution in [2.45, 2.75) is 52.7 Å². The van der Waals surface area contributed by atoms with E-state index in [4.69, 9.17) is 16.3 Å². The second kappa shape index (κ2) is 5.22. The number of Topliss-reactive ketones (excluding diaryl/α,β-unsaturated/α-hetero) is 1. The van der Waals surface area contributed by atoms with Gasteiger partial charge in [-0.05, 0) is 31.4 Å². The van der Waals surface area contributed by atoms with E-state index in [1.54, 1.807) is 0 Å². The molecule has 0 spiro atoms. The molecule has 104 valence electrons. The molecule has 2 unspecified atom stereocenters. The van der Waals surface area contributed by atoms with Crippen molar-refractivity contribution in [1.29, 1.82) is 0 Å². The molecule has 2 rings (SSSR count). The van der Waals surface area contributed by atoms with Gasteiger partial charge in [-0.25, -0.2) is 4.98 Å². The Kier molecular flexibility index (Phi) is 3.98. The summed E-state index contributed by atoms with van der Waals surface area (Å²) in [5, 5.41) is 0.371. The van der Waals surface area contributed by atoms with Gasteiger partial charge in [0.15, 0.2) is 5.78 Å². The summed E-state index contributed by atoms with van der Waals surface area (Å²) in [6.45, 7) is 8.47. The minimum absolute atomic E-state index is 0.0384. The minimum Gasteiger partial charge on any atom is -0.366 e. The monoisotopic (exact) mass is 281 g/mol. The summed E-state index contributed by atoms with van der Waals surface area (Å²) >= 11 is 6.09. The molecule has 3 nitrogen and oxygen atoms in total. The first-order valence-corrected chi connectivity index (χ1v) is 7.18. The van der Waals surface area contributed by atoms with Crippen molar-refractivity contribution in [1.82, 2.24) is 4.98 Å². The minimum atomic E-state index is -0.355. The van der Waals surface area contributed by atoms with E-state index in [1.165, 1.54) is 0 Å².